The topological polar surface area (TPSA) is 109 Å². The maximum Gasteiger partial charge on any atom is 0.321 e. The Bertz CT molecular complexity index is 1170. The number of halogens is 1. The van der Waals surface area contributed by atoms with Crippen LogP contribution in [-0.4, -0.2) is 33.7 Å². The number of Topliss-reactive ketones (excluding diaryl/α,β-unsaturated/α-hetero) is 2. The van der Waals surface area contributed by atoms with Crippen LogP contribution in [0.2, 0.25) is 5.02 Å². The lowest BCUT2D eigenvalue weighted by Gasteiger charge is -2.24. The molecule has 7 heteroatoms. The molecule has 0 bridgehead atoms. The molecule has 0 aliphatic rings. The van der Waals surface area contributed by atoms with E-state index in [2.05, 4.69) is 0 Å². The molecule has 6 nitrogen and oxygen atoms in total. The number of carboxylic acid groups (broad SMARTS) is 2. The Hall–Kier alpha value is -3.77. The van der Waals surface area contributed by atoms with Crippen molar-refractivity contribution >= 4 is 35.1 Å². The first kappa shape index (κ1) is 24.9. The van der Waals surface area contributed by atoms with Crippen LogP contribution in [0.3, 0.4) is 0 Å². The summed E-state index contributed by atoms with van der Waals surface area (Å²) in [5.74, 6) is -4.01. The van der Waals surface area contributed by atoms with Crippen molar-refractivity contribution in [1.29, 1.82) is 0 Å². The fraction of sp³-hybridized carbons (Fsp3) is 0.185. The first-order valence-corrected chi connectivity index (χ1v) is 11.0. The van der Waals surface area contributed by atoms with E-state index in [4.69, 9.17) is 11.6 Å². The van der Waals surface area contributed by atoms with Crippen molar-refractivity contribution in [3.8, 4) is 11.1 Å². The minimum Gasteiger partial charge on any atom is -0.480 e. The SMILES string of the molecule is O=C(CCCC(CC(=O)c1ccc(-c2ccc(Cl)cc2)cc1)(C(=O)O)C(=O)O)c1ccccc1. The average Bonchev–Trinajstić information content (AvgIpc) is 2.84. The van der Waals surface area contributed by atoms with E-state index in [9.17, 15) is 29.4 Å². The lowest BCUT2D eigenvalue weighted by atomic mass is 9.77. The lowest BCUT2D eigenvalue weighted by Crippen LogP contribution is -2.41. The molecule has 34 heavy (non-hydrogen) atoms. The maximum atomic E-state index is 12.9. The van der Waals surface area contributed by atoms with Gasteiger partial charge in [0.25, 0.3) is 0 Å². The minimum absolute atomic E-state index is 0.0176. The summed E-state index contributed by atoms with van der Waals surface area (Å²) in [7, 11) is 0. The Morgan fingerprint density at radius 1 is 0.676 bits per heavy atom. The van der Waals surface area contributed by atoms with Gasteiger partial charge in [-0.3, -0.25) is 19.2 Å². The molecule has 3 rings (SSSR count). The molecule has 0 amide bonds. The van der Waals surface area contributed by atoms with Gasteiger partial charge in [-0.15, -0.1) is 0 Å². The Balaban J connectivity index is 1.72. The predicted octanol–water partition coefficient (Wildman–Crippen LogP) is 5.79. The largest absolute Gasteiger partial charge is 0.480 e. The van der Waals surface area contributed by atoms with Gasteiger partial charge in [0.2, 0.25) is 0 Å². The fourth-order valence-corrected chi connectivity index (χ4v) is 3.86. The van der Waals surface area contributed by atoms with Gasteiger partial charge in [0, 0.05) is 29.0 Å². The summed E-state index contributed by atoms with van der Waals surface area (Å²) in [5.41, 5.74) is 0.0796. The van der Waals surface area contributed by atoms with Gasteiger partial charge in [-0.05, 0) is 36.1 Å². The van der Waals surface area contributed by atoms with Crippen molar-refractivity contribution in [3.05, 3.63) is 95.0 Å². The van der Waals surface area contributed by atoms with E-state index < -0.39 is 29.6 Å². The first-order valence-electron chi connectivity index (χ1n) is 10.7. The van der Waals surface area contributed by atoms with Crippen molar-refractivity contribution in [2.24, 2.45) is 5.41 Å². The number of hydrogen-bond donors (Lipinski definition) is 2. The molecule has 0 aliphatic heterocycles. The van der Waals surface area contributed by atoms with Gasteiger partial charge >= 0.3 is 11.9 Å². The van der Waals surface area contributed by atoms with Crippen LogP contribution in [0.4, 0.5) is 0 Å². The molecule has 0 heterocycles. The summed E-state index contributed by atoms with van der Waals surface area (Å²) in [6, 6.07) is 22.1. The van der Waals surface area contributed by atoms with Crippen molar-refractivity contribution in [2.75, 3.05) is 0 Å². The van der Waals surface area contributed by atoms with Crippen LogP contribution in [0.25, 0.3) is 11.1 Å². The molecule has 3 aromatic carbocycles. The second-order valence-electron chi connectivity index (χ2n) is 8.02. The van der Waals surface area contributed by atoms with Crippen molar-refractivity contribution < 1.29 is 29.4 Å². The van der Waals surface area contributed by atoms with Crippen LogP contribution in [0.1, 0.15) is 46.4 Å². The summed E-state index contributed by atoms with van der Waals surface area (Å²) < 4.78 is 0. The molecule has 0 saturated carbocycles. The van der Waals surface area contributed by atoms with E-state index in [1.165, 1.54) is 0 Å². The number of hydrogen-bond acceptors (Lipinski definition) is 4. The third kappa shape index (κ3) is 5.77. The quantitative estimate of drug-likeness (QED) is 0.267. The molecule has 0 aromatic heterocycles. The van der Waals surface area contributed by atoms with E-state index >= 15 is 0 Å². The van der Waals surface area contributed by atoms with Gasteiger partial charge in [-0.25, -0.2) is 0 Å². The van der Waals surface area contributed by atoms with E-state index in [1.807, 2.05) is 12.1 Å². The highest BCUT2D eigenvalue weighted by molar-refractivity contribution is 6.30. The zero-order valence-corrected chi connectivity index (χ0v) is 19.0. The number of carbonyl (C=O) groups is 4. The van der Waals surface area contributed by atoms with Crippen LogP contribution in [0.5, 0.6) is 0 Å². The van der Waals surface area contributed by atoms with E-state index in [1.54, 1.807) is 66.7 Å². The molecule has 174 valence electrons. The summed E-state index contributed by atoms with van der Waals surface area (Å²) in [5, 5.41) is 20.1. The molecule has 0 atom stereocenters. The zero-order chi connectivity index (χ0) is 24.7. The van der Waals surface area contributed by atoms with Crippen LogP contribution in [-0.2, 0) is 9.59 Å². The summed E-state index contributed by atoms with van der Waals surface area (Å²) in [6.45, 7) is 0. The number of aliphatic carboxylic acids is 2. The first-order chi connectivity index (χ1) is 16.2. The monoisotopic (exact) mass is 478 g/mol. The maximum absolute atomic E-state index is 12.9. The number of benzene rings is 3. The van der Waals surface area contributed by atoms with E-state index in [0.717, 1.165) is 11.1 Å². The van der Waals surface area contributed by atoms with Crippen LogP contribution in [0.15, 0.2) is 78.9 Å². The van der Waals surface area contributed by atoms with E-state index in [-0.39, 0.29) is 30.6 Å². The zero-order valence-electron chi connectivity index (χ0n) is 18.2. The second-order valence-corrected chi connectivity index (χ2v) is 8.46. The summed E-state index contributed by atoms with van der Waals surface area (Å²) in [6.07, 6.45) is -1.05. The molecule has 3 aromatic rings. The molecular weight excluding hydrogens is 456 g/mol. The van der Waals surface area contributed by atoms with Gasteiger partial charge in [-0.2, -0.15) is 0 Å². The second kappa shape index (κ2) is 10.9. The number of rotatable bonds is 11. The molecule has 0 spiro atoms. The molecule has 0 saturated heterocycles. The third-order valence-corrected chi connectivity index (χ3v) is 6.02. The average molecular weight is 479 g/mol. The van der Waals surface area contributed by atoms with Crippen molar-refractivity contribution in [3.63, 3.8) is 0 Å². The third-order valence-electron chi connectivity index (χ3n) is 5.77. The number of carbonyl (C=O) groups excluding carboxylic acids is 2. The predicted molar refractivity (Wildman–Crippen MR) is 128 cm³/mol. The molecule has 0 aliphatic carbocycles. The number of carboxylic acids is 2. The Morgan fingerprint density at radius 3 is 1.71 bits per heavy atom. The Kier molecular flexibility index (Phi) is 7.97. The molecule has 0 fully saturated rings. The van der Waals surface area contributed by atoms with Crippen LogP contribution >= 0.6 is 11.6 Å². The minimum atomic E-state index is -2.32. The highest BCUT2D eigenvalue weighted by Gasteiger charge is 2.47. The summed E-state index contributed by atoms with van der Waals surface area (Å²) >= 11 is 5.90. The van der Waals surface area contributed by atoms with Gasteiger partial charge in [-0.1, -0.05) is 78.3 Å². The van der Waals surface area contributed by atoms with Crippen LogP contribution < -0.4 is 0 Å². The molecule has 0 unspecified atom stereocenters. The van der Waals surface area contributed by atoms with Gasteiger partial charge < -0.3 is 10.2 Å². The molecule has 0 radical (unpaired) electrons. The number of ketones is 2. The van der Waals surface area contributed by atoms with Gasteiger partial charge in [0.15, 0.2) is 17.0 Å². The van der Waals surface area contributed by atoms with Gasteiger partial charge in [0.1, 0.15) is 0 Å². The standard InChI is InChI=1S/C27H23ClO6/c28-22-14-12-19(13-15-22)18-8-10-21(11-9-18)24(30)17-27(25(31)32,26(33)34)16-4-7-23(29)20-5-2-1-3-6-20/h1-3,5-6,8-15H,4,7,16-17H2,(H,31,32)(H,33,34). The normalized spacial score (nSPS) is 11.1. The highest BCUT2D eigenvalue weighted by atomic mass is 35.5. The smallest absolute Gasteiger partial charge is 0.321 e. The molecular formula is C27H23ClO6. The highest BCUT2D eigenvalue weighted by Crippen LogP contribution is 2.33. The van der Waals surface area contributed by atoms with E-state index in [0.29, 0.717) is 10.6 Å². The summed E-state index contributed by atoms with van der Waals surface area (Å²) in [4.78, 5) is 49.2. The van der Waals surface area contributed by atoms with Gasteiger partial charge in [0.05, 0.1) is 0 Å². The Labute approximate surface area is 201 Å². The van der Waals surface area contributed by atoms with Crippen LogP contribution in [0, 0.1) is 5.41 Å². The lowest BCUT2D eigenvalue weighted by molar-refractivity contribution is -0.165. The van der Waals surface area contributed by atoms with Crippen molar-refractivity contribution in [2.45, 2.75) is 25.7 Å². The Morgan fingerprint density at radius 2 is 1.18 bits per heavy atom. The fourth-order valence-electron chi connectivity index (χ4n) is 3.73. The van der Waals surface area contributed by atoms with Crippen molar-refractivity contribution in [1.82, 2.24) is 0 Å². The molecule has 2 N–H and O–H groups in total.